The molecule has 0 fully saturated rings. The first kappa shape index (κ1) is 15.9. The van der Waals surface area contributed by atoms with Gasteiger partial charge < -0.3 is 5.32 Å². The zero-order chi connectivity index (χ0) is 14.5. The number of anilines is 1. The minimum absolute atomic E-state index is 0.0997. The number of hydrogen-bond donors (Lipinski definition) is 1. The molecule has 1 unspecified atom stereocenters. The van der Waals surface area contributed by atoms with Crippen LogP contribution in [0.2, 0.25) is 0 Å². The quantitative estimate of drug-likeness (QED) is 0.834. The Bertz CT molecular complexity index is 502. The Morgan fingerprint density at radius 3 is 2.68 bits per heavy atom. The van der Waals surface area contributed by atoms with E-state index >= 15 is 0 Å². The summed E-state index contributed by atoms with van der Waals surface area (Å²) in [5.41, 5.74) is 0.556. The minimum Gasteiger partial charge on any atom is -0.383 e. The van der Waals surface area contributed by atoms with Crippen LogP contribution in [0.1, 0.15) is 27.2 Å². The van der Waals surface area contributed by atoms with Crippen molar-refractivity contribution in [2.75, 3.05) is 25.5 Å². The van der Waals surface area contributed by atoms with Crippen LogP contribution in [0.5, 0.6) is 0 Å². The highest BCUT2D eigenvalue weighted by molar-refractivity contribution is 7.89. The standard InChI is InChI=1S/C13H23N3O2S/c1-5-11(3)10-16(4)19(17,18)13-12(14-6-2)8-7-9-15-13/h7-9,11,14H,5-6,10H2,1-4H3. The van der Waals surface area contributed by atoms with Crippen molar-refractivity contribution in [2.45, 2.75) is 32.2 Å². The molecule has 1 aromatic heterocycles. The van der Waals surface area contributed by atoms with Crippen LogP contribution in [0, 0.1) is 5.92 Å². The third-order valence-electron chi connectivity index (χ3n) is 3.06. The maximum absolute atomic E-state index is 12.5. The van der Waals surface area contributed by atoms with E-state index in [4.69, 9.17) is 0 Å². The van der Waals surface area contributed by atoms with Crippen LogP contribution in [-0.2, 0) is 10.0 Å². The van der Waals surface area contributed by atoms with Gasteiger partial charge in [0.2, 0.25) is 0 Å². The molecule has 1 aromatic rings. The van der Waals surface area contributed by atoms with Crippen molar-refractivity contribution >= 4 is 15.7 Å². The molecule has 0 saturated carbocycles. The van der Waals surface area contributed by atoms with Gasteiger partial charge in [0.05, 0.1) is 5.69 Å². The van der Waals surface area contributed by atoms with Gasteiger partial charge in [0.15, 0.2) is 5.03 Å². The summed E-state index contributed by atoms with van der Waals surface area (Å²) < 4.78 is 26.4. The molecular formula is C13H23N3O2S. The van der Waals surface area contributed by atoms with E-state index in [9.17, 15) is 8.42 Å². The molecule has 0 saturated heterocycles. The molecule has 1 heterocycles. The second-order valence-corrected chi connectivity index (χ2v) is 6.65. The first-order chi connectivity index (χ1) is 8.93. The smallest absolute Gasteiger partial charge is 0.262 e. The van der Waals surface area contributed by atoms with Crippen molar-refractivity contribution in [1.82, 2.24) is 9.29 Å². The Morgan fingerprint density at radius 1 is 1.42 bits per heavy atom. The normalized spacial score (nSPS) is 13.5. The molecule has 1 atom stereocenters. The van der Waals surface area contributed by atoms with E-state index in [1.54, 1.807) is 19.2 Å². The van der Waals surface area contributed by atoms with Crippen molar-refractivity contribution in [3.05, 3.63) is 18.3 Å². The summed E-state index contributed by atoms with van der Waals surface area (Å²) in [5, 5.41) is 3.14. The zero-order valence-corrected chi connectivity index (χ0v) is 12.9. The topological polar surface area (TPSA) is 62.3 Å². The van der Waals surface area contributed by atoms with Crippen molar-refractivity contribution in [3.63, 3.8) is 0 Å². The molecule has 0 spiro atoms. The van der Waals surface area contributed by atoms with Crippen LogP contribution >= 0.6 is 0 Å². The predicted molar refractivity (Wildman–Crippen MR) is 77.7 cm³/mol. The van der Waals surface area contributed by atoms with Crippen molar-refractivity contribution < 1.29 is 8.42 Å². The minimum atomic E-state index is -3.54. The molecule has 1 rings (SSSR count). The largest absolute Gasteiger partial charge is 0.383 e. The maximum atomic E-state index is 12.5. The highest BCUT2D eigenvalue weighted by Crippen LogP contribution is 2.22. The summed E-state index contributed by atoms with van der Waals surface area (Å²) in [6.07, 6.45) is 2.45. The van der Waals surface area contributed by atoms with Gasteiger partial charge in [-0.15, -0.1) is 0 Å². The lowest BCUT2D eigenvalue weighted by Gasteiger charge is -2.21. The summed E-state index contributed by atoms with van der Waals surface area (Å²) in [5.74, 6) is 0.325. The maximum Gasteiger partial charge on any atom is 0.262 e. The Morgan fingerprint density at radius 2 is 2.11 bits per heavy atom. The van der Waals surface area contributed by atoms with Gasteiger partial charge in [-0.1, -0.05) is 20.3 Å². The average Bonchev–Trinajstić information content (AvgIpc) is 2.39. The van der Waals surface area contributed by atoms with Gasteiger partial charge in [-0.2, -0.15) is 4.31 Å². The molecule has 0 aromatic carbocycles. The highest BCUT2D eigenvalue weighted by Gasteiger charge is 2.26. The van der Waals surface area contributed by atoms with Gasteiger partial charge in [-0.25, -0.2) is 13.4 Å². The lowest BCUT2D eigenvalue weighted by molar-refractivity contribution is 0.392. The molecule has 0 radical (unpaired) electrons. The molecule has 5 nitrogen and oxygen atoms in total. The summed E-state index contributed by atoms with van der Waals surface area (Å²) in [6.45, 7) is 7.17. The molecule has 0 bridgehead atoms. The molecule has 0 aliphatic carbocycles. The van der Waals surface area contributed by atoms with Gasteiger partial charge in [-0.3, -0.25) is 0 Å². The third kappa shape index (κ3) is 3.91. The van der Waals surface area contributed by atoms with Gasteiger partial charge in [0.25, 0.3) is 10.0 Å². The van der Waals surface area contributed by atoms with Gasteiger partial charge in [0.1, 0.15) is 0 Å². The molecule has 1 N–H and O–H groups in total. The molecule has 6 heteroatoms. The van der Waals surface area contributed by atoms with E-state index in [2.05, 4.69) is 17.2 Å². The zero-order valence-electron chi connectivity index (χ0n) is 12.0. The fourth-order valence-corrected chi connectivity index (χ4v) is 3.09. The number of hydrogen-bond acceptors (Lipinski definition) is 4. The Kier molecular flexibility index (Phi) is 5.75. The van der Waals surface area contributed by atoms with E-state index in [0.717, 1.165) is 6.42 Å². The molecule has 108 valence electrons. The van der Waals surface area contributed by atoms with Crippen LogP contribution in [0.15, 0.2) is 23.4 Å². The van der Waals surface area contributed by atoms with E-state index < -0.39 is 10.0 Å². The number of pyridine rings is 1. The highest BCUT2D eigenvalue weighted by atomic mass is 32.2. The van der Waals surface area contributed by atoms with Crippen molar-refractivity contribution in [3.8, 4) is 0 Å². The Balaban J connectivity index is 3.06. The number of nitrogens with zero attached hydrogens (tertiary/aromatic N) is 2. The average molecular weight is 285 g/mol. The number of sulfonamides is 1. The lowest BCUT2D eigenvalue weighted by Crippen LogP contribution is -2.32. The summed E-state index contributed by atoms with van der Waals surface area (Å²) >= 11 is 0. The molecule has 0 aliphatic heterocycles. The van der Waals surface area contributed by atoms with Crippen LogP contribution in [0.3, 0.4) is 0 Å². The number of rotatable bonds is 7. The van der Waals surface area contributed by atoms with E-state index in [1.807, 2.05) is 13.8 Å². The van der Waals surface area contributed by atoms with E-state index in [1.165, 1.54) is 10.5 Å². The van der Waals surface area contributed by atoms with Crippen LogP contribution in [-0.4, -0.2) is 37.8 Å². The second-order valence-electron chi connectivity index (χ2n) is 4.69. The molecule has 0 aliphatic rings. The fourth-order valence-electron chi connectivity index (χ4n) is 1.74. The monoisotopic (exact) mass is 285 g/mol. The lowest BCUT2D eigenvalue weighted by atomic mass is 10.1. The van der Waals surface area contributed by atoms with E-state index in [0.29, 0.717) is 24.7 Å². The molecule has 19 heavy (non-hydrogen) atoms. The Labute approximate surface area is 116 Å². The third-order valence-corrected chi connectivity index (χ3v) is 4.84. The van der Waals surface area contributed by atoms with Crippen LogP contribution in [0.4, 0.5) is 5.69 Å². The first-order valence-electron chi connectivity index (χ1n) is 6.58. The van der Waals surface area contributed by atoms with Gasteiger partial charge in [0, 0.05) is 26.3 Å². The van der Waals surface area contributed by atoms with E-state index in [-0.39, 0.29) is 5.03 Å². The second kappa shape index (κ2) is 6.86. The predicted octanol–water partition coefficient (Wildman–Crippen LogP) is 2.18. The summed E-state index contributed by atoms with van der Waals surface area (Å²) in [4.78, 5) is 4.03. The summed E-state index contributed by atoms with van der Waals surface area (Å²) in [7, 11) is -1.93. The van der Waals surface area contributed by atoms with Crippen LogP contribution < -0.4 is 5.32 Å². The molecular weight excluding hydrogens is 262 g/mol. The SMILES string of the molecule is CCNc1cccnc1S(=O)(=O)N(C)CC(C)CC. The Hall–Kier alpha value is -1.14. The van der Waals surface area contributed by atoms with Crippen LogP contribution in [0.25, 0.3) is 0 Å². The van der Waals surface area contributed by atoms with Crippen molar-refractivity contribution in [1.29, 1.82) is 0 Å². The summed E-state index contributed by atoms with van der Waals surface area (Å²) in [6, 6.07) is 3.46. The van der Waals surface area contributed by atoms with Crippen molar-refractivity contribution in [2.24, 2.45) is 5.92 Å². The number of nitrogens with one attached hydrogen (secondary N) is 1. The van der Waals surface area contributed by atoms with Gasteiger partial charge >= 0.3 is 0 Å². The first-order valence-corrected chi connectivity index (χ1v) is 8.02. The number of aromatic nitrogens is 1. The molecule has 0 amide bonds. The fraction of sp³-hybridized carbons (Fsp3) is 0.615. The van der Waals surface area contributed by atoms with Gasteiger partial charge in [-0.05, 0) is 25.0 Å².